The minimum Gasteiger partial charge on any atom is -0.310 e. The van der Waals surface area contributed by atoms with E-state index in [4.69, 9.17) is 5.84 Å². The first kappa shape index (κ1) is 16.2. The highest BCUT2D eigenvalue weighted by Crippen LogP contribution is 2.37. The average Bonchev–Trinajstić information content (AvgIpc) is 2.80. The molecule has 19 heavy (non-hydrogen) atoms. The van der Waals surface area contributed by atoms with Crippen LogP contribution >= 0.6 is 23.1 Å². The molecule has 0 bridgehead atoms. The van der Waals surface area contributed by atoms with E-state index in [1.54, 1.807) is 0 Å². The summed E-state index contributed by atoms with van der Waals surface area (Å²) in [6.45, 7) is 0.334. The Hall–Kier alpha value is -0.880. The highest BCUT2D eigenvalue weighted by atomic mass is 32.2. The standard InChI is InChI=1S/C8H14N4O4S3/c1-11(3-4-17-2)19(15,16)7-5-6(12(13)14)8(10-9)18-7/h5,10H,3-4,9H2,1-2H3. The maximum absolute atomic E-state index is 12.2. The Bertz CT molecular complexity index is 556. The highest BCUT2D eigenvalue weighted by Gasteiger charge is 2.28. The fourth-order valence-corrected chi connectivity index (χ4v) is 4.41. The van der Waals surface area contributed by atoms with Gasteiger partial charge in [0.05, 0.1) is 4.92 Å². The molecule has 0 aromatic carbocycles. The molecule has 0 saturated carbocycles. The van der Waals surface area contributed by atoms with Gasteiger partial charge < -0.3 is 5.43 Å². The molecular weight excluding hydrogens is 312 g/mol. The van der Waals surface area contributed by atoms with Crippen molar-refractivity contribution in [1.82, 2.24) is 4.31 Å². The molecule has 0 spiro atoms. The van der Waals surface area contributed by atoms with Crippen LogP contribution in [0.3, 0.4) is 0 Å². The van der Waals surface area contributed by atoms with E-state index in [0.29, 0.717) is 12.3 Å². The molecule has 1 aromatic rings. The van der Waals surface area contributed by atoms with Crippen LogP contribution in [-0.4, -0.2) is 43.2 Å². The monoisotopic (exact) mass is 326 g/mol. The molecule has 0 fully saturated rings. The van der Waals surface area contributed by atoms with E-state index in [1.165, 1.54) is 23.1 Å². The smallest absolute Gasteiger partial charge is 0.306 e. The lowest BCUT2D eigenvalue weighted by Gasteiger charge is -2.14. The van der Waals surface area contributed by atoms with Gasteiger partial charge in [0, 0.05) is 25.4 Å². The first-order chi connectivity index (χ1) is 8.84. The number of hydrazine groups is 1. The van der Waals surface area contributed by atoms with E-state index < -0.39 is 14.9 Å². The highest BCUT2D eigenvalue weighted by molar-refractivity contribution is 7.98. The number of thioether (sulfide) groups is 1. The molecular formula is C8H14N4O4S3. The van der Waals surface area contributed by atoms with Crippen LogP contribution < -0.4 is 11.3 Å². The molecule has 11 heteroatoms. The van der Waals surface area contributed by atoms with Gasteiger partial charge in [0.1, 0.15) is 4.21 Å². The van der Waals surface area contributed by atoms with Crippen LogP contribution in [-0.2, 0) is 10.0 Å². The van der Waals surface area contributed by atoms with Gasteiger partial charge >= 0.3 is 5.69 Å². The summed E-state index contributed by atoms with van der Waals surface area (Å²) in [5.41, 5.74) is 1.80. The first-order valence-corrected chi connectivity index (χ1v) is 8.69. The Morgan fingerprint density at radius 2 is 2.26 bits per heavy atom. The van der Waals surface area contributed by atoms with Crippen molar-refractivity contribution in [2.24, 2.45) is 5.84 Å². The molecule has 0 radical (unpaired) electrons. The van der Waals surface area contributed by atoms with Crippen molar-refractivity contribution in [3.8, 4) is 0 Å². The largest absolute Gasteiger partial charge is 0.310 e. The van der Waals surface area contributed by atoms with Crippen molar-refractivity contribution >= 4 is 43.8 Å². The van der Waals surface area contributed by atoms with E-state index in [-0.39, 0.29) is 14.9 Å². The zero-order chi connectivity index (χ0) is 14.6. The van der Waals surface area contributed by atoms with E-state index in [0.717, 1.165) is 17.4 Å². The number of rotatable bonds is 7. The third-order valence-electron chi connectivity index (χ3n) is 2.29. The maximum atomic E-state index is 12.2. The summed E-state index contributed by atoms with van der Waals surface area (Å²) in [6.07, 6.45) is 1.87. The molecule has 1 rings (SSSR count). The Morgan fingerprint density at radius 3 is 2.68 bits per heavy atom. The van der Waals surface area contributed by atoms with Crippen LogP contribution in [0.25, 0.3) is 0 Å². The van der Waals surface area contributed by atoms with E-state index >= 15 is 0 Å². The van der Waals surface area contributed by atoms with Gasteiger partial charge in [0.2, 0.25) is 0 Å². The second kappa shape index (κ2) is 6.52. The molecule has 0 aliphatic heterocycles. The third-order valence-corrected chi connectivity index (χ3v) is 6.24. The number of nitrogen functional groups attached to an aromatic ring is 1. The molecule has 0 amide bonds. The van der Waals surface area contributed by atoms with Gasteiger partial charge in [-0.1, -0.05) is 11.3 Å². The average molecular weight is 326 g/mol. The molecule has 108 valence electrons. The quantitative estimate of drug-likeness (QED) is 0.434. The lowest BCUT2D eigenvalue weighted by Crippen LogP contribution is -2.28. The van der Waals surface area contributed by atoms with Crippen molar-refractivity contribution in [3.63, 3.8) is 0 Å². The molecule has 1 heterocycles. The minimum atomic E-state index is -3.72. The van der Waals surface area contributed by atoms with Crippen molar-refractivity contribution in [2.45, 2.75) is 4.21 Å². The van der Waals surface area contributed by atoms with Crippen molar-refractivity contribution in [3.05, 3.63) is 16.2 Å². The summed E-state index contributed by atoms with van der Waals surface area (Å²) < 4.78 is 25.4. The number of thiophene rings is 1. The van der Waals surface area contributed by atoms with Gasteiger partial charge in [0.25, 0.3) is 10.0 Å². The van der Waals surface area contributed by atoms with Gasteiger partial charge in [-0.15, -0.1) is 0 Å². The Labute approximate surface area is 119 Å². The number of anilines is 1. The fourth-order valence-electron chi connectivity index (χ4n) is 1.22. The van der Waals surface area contributed by atoms with Gasteiger partial charge in [-0.25, -0.2) is 14.3 Å². The van der Waals surface area contributed by atoms with Crippen LogP contribution in [0.2, 0.25) is 0 Å². The summed E-state index contributed by atoms with van der Waals surface area (Å²) in [5.74, 6) is 5.79. The SMILES string of the molecule is CSCCN(C)S(=O)(=O)c1cc([N+](=O)[O-])c(NN)s1. The molecule has 0 unspecified atom stereocenters. The number of nitrogens with two attached hydrogens (primary N) is 1. The lowest BCUT2D eigenvalue weighted by molar-refractivity contribution is -0.383. The predicted octanol–water partition coefficient (Wildman–Crippen LogP) is 0.925. The molecule has 0 saturated heterocycles. The first-order valence-electron chi connectivity index (χ1n) is 5.04. The minimum absolute atomic E-state index is 0.0156. The Kier molecular flexibility index (Phi) is 5.55. The van der Waals surface area contributed by atoms with Crippen LogP contribution in [0.1, 0.15) is 0 Å². The van der Waals surface area contributed by atoms with Crippen LogP contribution in [0.15, 0.2) is 10.3 Å². The molecule has 8 nitrogen and oxygen atoms in total. The number of nitro groups is 1. The molecule has 3 N–H and O–H groups in total. The number of sulfonamides is 1. The molecule has 0 aliphatic carbocycles. The molecule has 1 aromatic heterocycles. The molecule has 0 aliphatic rings. The number of nitrogens with zero attached hydrogens (tertiary/aromatic N) is 2. The van der Waals surface area contributed by atoms with Crippen molar-refractivity contribution in [1.29, 1.82) is 0 Å². The fraction of sp³-hybridized carbons (Fsp3) is 0.500. The van der Waals surface area contributed by atoms with Gasteiger partial charge in [0.15, 0.2) is 5.00 Å². The number of hydrogen-bond donors (Lipinski definition) is 2. The summed E-state index contributed by atoms with van der Waals surface area (Å²) in [6, 6.07) is 1.02. The second-order valence-corrected chi connectivity index (χ2v) is 7.81. The topological polar surface area (TPSA) is 119 Å². The zero-order valence-corrected chi connectivity index (χ0v) is 12.8. The number of hydrogen-bond acceptors (Lipinski definition) is 8. The zero-order valence-electron chi connectivity index (χ0n) is 10.3. The van der Waals surface area contributed by atoms with Crippen LogP contribution in [0.5, 0.6) is 0 Å². The normalized spacial score (nSPS) is 11.8. The maximum Gasteiger partial charge on any atom is 0.306 e. The van der Waals surface area contributed by atoms with Crippen LogP contribution in [0, 0.1) is 10.1 Å². The number of nitrogens with one attached hydrogen (secondary N) is 1. The lowest BCUT2D eigenvalue weighted by atomic mass is 10.5. The Balaban J connectivity index is 3.11. The third kappa shape index (κ3) is 3.57. The summed E-state index contributed by atoms with van der Waals surface area (Å²) in [4.78, 5) is 10.1. The second-order valence-electron chi connectivity index (χ2n) is 3.50. The summed E-state index contributed by atoms with van der Waals surface area (Å²) >= 11 is 2.26. The Morgan fingerprint density at radius 1 is 1.63 bits per heavy atom. The van der Waals surface area contributed by atoms with E-state index in [1.807, 2.05) is 6.26 Å². The van der Waals surface area contributed by atoms with Gasteiger partial charge in [-0.05, 0) is 6.26 Å². The van der Waals surface area contributed by atoms with Gasteiger partial charge in [-0.3, -0.25) is 10.1 Å². The summed E-state index contributed by atoms with van der Waals surface area (Å²) in [5, 5.41) is 10.8. The van der Waals surface area contributed by atoms with Crippen LogP contribution in [0.4, 0.5) is 10.7 Å². The van der Waals surface area contributed by atoms with Gasteiger partial charge in [-0.2, -0.15) is 16.1 Å². The van der Waals surface area contributed by atoms with Crippen molar-refractivity contribution in [2.75, 3.05) is 31.0 Å². The summed E-state index contributed by atoms with van der Waals surface area (Å²) in [7, 11) is -2.28. The van der Waals surface area contributed by atoms with E-state index in [9.17, 15) is 18.5 Å². The molecule has 0 atom stereocenters. The predicted molar refractivity (Wildman–Crippen MR) is 77.0 cm³/mol. The van der Waals surface area contributed by atoms with E-state index in [2.05, 4.69) is 5.43 Å². The van der Waals surface area contributed by atoms with Crippen molar-refractivity contribution < 1.29 is 13.3 Å².